The summed E-state index contributed by atoms with van der Waals surface area (Å²) in [7, 11) is 0. The molecule has 0 radical (unpaired) electrons. The van der Waals surface area contributed by atoms with E-state index in [2.05, 4.69) is 68.6 Å². The van der Waals surface area contributed by atoms with Gasteiger partial charge in [-0.15, -0.1) is 11.8 Å². The molecule has 0 bridgehead atoms. The normalized spacial score (nSPS) is 10.5. The van der Waals surface area contributed by atoms with E-state index in [1.54, 1.807) is 11.8 Å². The number of hydrogen-bond acceptors (Lipinski definition) is 2. The molecule has 0 unspecified atom stereocenters. The van der Waals surface area contributed by atoms with E-state index in [0.717, 1.165) is 11.3 Å². The van der Waals surface area contributed by atoms with Crippen LogP contribution < -0.4 is 5.32 Å². The van der Waals surface area contributed by atoms with Crippen molar-refractivity contribution in [3.8, 4) is 0 Å². The summed E-state index contributed by atoms with van der Waals surface area (Å²) >= 11 is 1.66. The molecule has 1 N–H and O–H groups in total. The molecule has 0 aliphatic rings. The lowest BCUT2D eigenvalue weighted by Crippen LogP contribution is -2.24. The first kappa shape index (κ1) is 16.6. The number of rotatable bonds is 6. The average molecular weight is 313 g/mol. The highest BCUT2D eigenvalue weighted by Crippen LogP contribution is 2.17. The lowest BCUT2D eigenvalue weighted by Gasteiger charge is -2.08. The second-order valence-electron chi connectivity index (χ2n) is 5.69. The van der Waals surface area contributed by atoms with Crippen LogP contribution in [0.15, 0.2) is 42.5 Å². The summed E-state index contributed by atoms with van der Waals surface area (Å²) in [4.78, 5) is 11.9. The molecule has 1 amide bonds. The summed E-state index contributed by atoms with van der Waals surface area (Å²) in [6, 6.07) is 14.7. The van der Waals surface area contributed by atoms with Crippen molar-refractivity contribution in [1.82, 2.24) is 5.32 Å². The van der Waals surface area contributed by atoms with Gasteiger partial charge in [-0.25, -0.2) is 0 Å². The molecule has 0 aliphatic carbocycles. The minimum absolute atomic E-state index is 0.0934. The number of aryl methyl sites for hydroxylation is 3. The topological polar surface area (TPSA) is 29.1 Å². The molecule has 2 nitrogen and oxygen atoms in total. The van der Waals surface area contributed by atoms with E-state index in [1.165, 1.54) is 22.3 Å². The van der Waals surface area contributed by atoms with Crippen molar-refractivity contribution in [2.45, 2.75) is 33.1 Å². The molecule has 0 aromatic heterocycles. The van der Waals surface area contributed by atoms with Crippen molar-refractivity contribution >= 4 is 17.7 Å². The van der Waals surface area contributed by atoms with Crippen LogP contribution in [0.2, 0.25) is 0 Å². The fourth-order valence-electron chi connectivity index (χ4n) is 2.17. The standard InChI is InChI=1S/C19H23NOS/c1-14-5-8-17(9-6-14)11-20-19(21)13-22-12-18-10-15(2)4-7-16(18)3/h4-10H,11-13H2,1-3H3,(H,20,21). The average Bonchev–Trinajstić information content (AvgIpc) is 2.50. The molecule has 2 aromatic carbocycles. The fraction of sp³-hybridized carbons (Fsp3) is 0.316. The first-order valence-corrected chi connectivity index (χ1v) is 8.66. The van der Waals surface area contributed by atoms with Gasteiger partial charge >= 0.3 is 0 Å². The number of hydrogen-bond donors (Lipinski definition) is 1. The summed E-state index contributed by atoms with van der Waals surface area (Å²) in [6.45, 7) is 6.88. The minimum Gasteiger partial charge on any atom is -0.351 e. The predicted octanol–water partition coefficient (Wildman–Crippen LogP) is 4.16. The van der Waals surface area contributed by atoms with Gasteiger partial charge in [0.2, 0.25) is 5.91 Å². The Kier molecular flexibility index (Phi) is 6.08. The van der Waals surface area contributed by atoms with Gasteiger partial charge in [0.15, 0.2) is 0 Å². The van der Waals surface area contributed by atoms with Crippen LogP contribution in [-0.4, -0.2) is 11.7 Å². The van der Waals surface area contributed by atoms with Crippen molar-refractivity contribution in [2.75, 3.05) is 5.75 Å². The Morgan fingerprint density at radius 2 is 1.68 bits per heavy atom. The Bertz CT molecular complexity index is 634. The number of carbonyl (C=O) groups excluding carboxylic acids is 1. The maximum atomic E-state index is 11.9. The van der Waals surface area contributed by atoms with Gasteiger partial charge in [-0.1, -0.05) is 53.6 Å². The molecule has 2 aromatic rings. The lowest BCUT2D eigenvalue weighted by molar-refractivity contribution is -0.118. The van der Waals surface area contributed by atoms with Gasteiger partial charge in [-0.05, 0) is 37.5 Å². The van der Waals surface area contributed by atoms with Crippen LogP contribution in [-0.2, 0) is 17.1 Å². The molecule has 0 heterocycles. The number of nitrogens with one attached hydrogen (secondary N) is 1. The van der Waals surface area contributed by atoms with Gasteiger partial charge in [0.25, 0.3) is 0 Å². The Morgan fingerprint density at radius 1 is 1.00 bits per heavy atom. The molecule has 0 atom stereocenters. The Hall–Kier alpha value is -1.74. The lowest BCUT2D eigenvalue weighted by atomic mass is 10.1. The molecule has 0 aliphatic heterocycles. The van der Waals surface area contributed by atoms with Gasteiger partial charge < -0.3 is 5.32 Å². The molecular formula is C19H23NOS. The number of amides is 1. The smallest absolute Gasteiger partial charge is 0.230 e. The zero-order valence-corrected chi connectivity index (χ0v) is 14.3. The van der Waals surface area contributed by atoms with Crippen LogP contribution in [0.4, 0.5) is 0 Å². The van der Waals surface area contributed by atoms with E-state index < -0.39 is 0 Å². The van der Waals surface area contributed by atoms with Crippen molar-refractivity contribution < 1.29 is 4.79 Å². The molecule has 3 heteroatoms. The second kappa shape index (κ2) is 8.04. The third-order valence-electron chi connectivity index (χ3n) is 3.61. The zero-order chi connectivity index (χ0) is 15.9. The highest BCUT2D eigenvalue weighted by Gasteiger charge is 2.04. The molecule has 116 valence electrons. The van der Waals surface area contributed by atoms with E-state index in [1.807, 2.05) is 0 Å². The summed E-state index contributed by atoms with van der Waals surface area (Å²) in [6.07, 6.45) is 0. The zero-order valence-electron chi connectivity index (χ0n) is 13.5. The fourth-order valence-corrected chi connectivity index (χ4v) is 3.09. The maximum Gasteiger partial charge on any atom is 0.230 e. The molecule has 0 spiro atoms. The van der Waals surface area contributed by atoms with Gasteiger partial charge in [-0.3, -0.25) is 4.79 Å². The largest absolute Gasteiger partial charge is 0.351 e. The molecule has 2 rings (SSSR count). The number of carbonyl (C=O) groups is 1. The molecular weight excluding hydrogens is 290 g/mol. The number of thioether (sulfide) groups is 1. The minimum atomic E-state index is 0.0934. The number of benzene rings is 2. The Balaban J connectivity index is 1.73. The van der Waals surface area contributed by atoms with Gasteiger partial charge in [0.05, 0.1) is 5.75 Å². The van der Waals surface area contributed by atoms with Crippen molar-refractivity contribution in [2.24, 2.45) is 0 Å². The molecule has 0 saturated heterocycles. The predicted molar refractivity (Wildman–Crippen MR) is 95.1 cm³/mol. The van der Waals surface area contributed by atoms with Gasteiger partial charge in [-0.2, -0.15) is 0 Å². The van der Waals surface area contributed by atoms with E-state index in [9.17, 15) is 4.79 Å². The van der Waals surface area contributed by atoms with E-state index in [-0.39, 0.29) is 5.91 Å². The van der Waals surface area contributed by atoms with Crippen LogP contribution >= 0.6 is 11.8 Å². The SMILES string of the molecule is Cc1ccc(CNC(=O)CSCc2cc(C)ccc2C)cc1. The van der Waals surface area contributed by atoms with E-state index in [0.29, 0.717) is 12.3 Å². The van der Waals surface area contributed by atoms with Crippen LogP contribution in [0, 0.1) is 20.8 Å². The van der Waals surface area contributed by atoms with E-state index in [4.69, 9.17) is 0 Å². The monoisotopic (exact) mass is 313 g/mol. The first-order chi connectivity index (χ1) is 10.5. The Morgan fingerprint density at radius 3 is 2.41 bits per heavy atom. The van der Waals surface area contributed by atoms with E-state index >= 15 is 0 Å². The van der Waals surface area contributed by atoms with Crippen LogP contribution in [0.25, 0.3) is 0 Å². The molecule has 22 heavy (non-hydrogen) atoms. The van der Waals surface area contributed by atoms with Crippen LogP contribution in [0.1, 0.15) is 27.8 Å². The molecule has 0 saturated carbocycles. The van der Waals surface area contributed by atoms with Crippen LogP contribution in [0.3, 0.4) is 0 Å². The van der Waals surface area contributed by atoms with Gasteiger partial charge in [0, 0.05) is 12.3 Å². The highest BCUT2D eigenvalue weighted by atomic mass is 32.2. The summed E-state index contributed by atoms with van der Waals surface area (Å²) in [5.41, 5.74) is 6.25. The van der Waals surface area contributed by atoms with Crippen LogP contribution in [0.5, 0.6) is 0 Å². The maximum absolute atomic E-state index is 11.9. The van der Waals surface area contributed by atoms with Gasteiger partial charge in [0.1, 0.15) is 0 Å². The first-order valence-electron chi connectivity index (χ1n) is 7.51. The summed E-state index contributed by atoms with van der Waals surface area (Å²) in [5.74, 6) is 1.47. The Labute approximate surface area is 137 Å². The third kappa shape index (κ3) is 5.23. The molecule has 0 fully saturated rings. The van der Waals surface area contributed by atoms with Crippen molar-refractivity contribution in [3.63, 3.8) is 0 Å². The second-order valence-corrected chi connectivity index (χ2v) is 6.67. The quantitative estimate of drug-likeness (QED) is 0.867. The summed E-state index contributed by atoms with van der Waals surface area (Å²) in [5, 5.41) is 2.97. The van der Waals surface area contributed by atoms with Crippen molar-refractivity contribution in [1.29, 1.82) is 0 Å². The highest BCUT2D eigenvalue weighted by molar-refractivity contribution is 7.99. The summed E-state index contributed by atoms with van der Waals surface area (Å²) < 4.78 is 0. The third-order valence-corrected chi connectivity index (χ3v) is 4.59. The van der Waals surface area contributed by atoms with Crippen molar-refractivity contribution in [3.05, 3.63) is 70.3 Å².